The summed E-state index contributed by atoms with van der Waals surface area (Å²) in [5.74, 6) is -2.49. The predicted molar refractivity (Wildman–Crippen MR) is 146 cm³/mol. The Balaban J connectivity index is 0.000000199. The van der Waals surface area contributed by atoms with Gasteiger partial charge in [0.25, 0.3) is 0 Å². The second kappa shape index (κ2) is 14.7. The monoisotopic (exact) mass is 570 g/mol. The molecule has 4 aliphatic rings. The van der Waals surface area contributed by atoms with Crippen molar-refractivity contribution in [1.82, 2.24) is 0 Å². The van der Waals surface area contributed by atoms with Crippen LogP contribution in [0.15, 0.2) is 60.7 Å². The van der Waals surface area contributed by atoms with Gasteiger partial charge < -0.3 is 9.80 Å². The third kappa shape index (κ3) is 10.5. The molecule has 2 fully saturated rings. The van der Waals surface area contributed by atoms with Gasteiger partial charge in [0.1, 0.15) is 0 Å². The first-order valence-electron chi connectivity index (χ1n) is 12.6. The van der Waals surface area contributed by atoms with Gasteiger partial charge in [0.05, 0.1) is 0 Å². The van der Waals surface area contributed by atoms with Crippen molar-refractivity contribution >= 4 is 11.4 Å². The number of benzene rings is 2. The summed E-state index contributed by atoms with van der Waals surface area (Å²) in [4.78, 5) is 3.79. The first-order chi connectivity index (χ1) is 18.0. The van der Waals surface area contributed by atoms with Gasteiger partial charge in [0.2, 0.25) is 0 Å². The van der Waals surface area contributed by atoms with Crippen LogP contribution in [0.4, 0.5) is 28.9 Å². The topological polar surface area (TPSA) is 6.48 Å². The second-order valence-corrected chi connectivity index (χ2v) is 11.1. The molecule has 0 saturated carbocycles. The Morgan fingerprint density at radius 3 is 1.18 bits per heavy atom. The fraction of sp³-hybridized carbons (Fsp3) is 0.375. The van der Waals surface area contributed by atoms with E-state index in [0.717, 1.165) is 39.0 Å². The molecule has 0 aromatic heterocycles. The second-order valence-electron chi connectivity index (χ2n) is 11.1. The van der Waals surface area contributed by atoms with Crippen molar-refractivity contribution in [2.45, 2.75) is 40.5 Å². The van der Waals surface area contributed by atoms with Crippen molar-refractivity contribution in [3.63, 3.8) is 0 Å². The molecule has 2 aromatic carbocycles. The van der Waals surface area contributed by atoms with Crippen LogP contribution in [-0.4, -0.2) is 26.2 Å². The molecule has 2 aromatic rings. The van der Waals surface area contributed by atoms with Crippen LogP contribution in [-0.2, 0) is 21.7 Å². The fourth-order valence-electron chi connectivity index (χ4n) is 4.36. The van der Waals surface area contributed by atoms with Crippen molar-refractivity contribution < 1.29 is 39.3 Å². The molecular weight excluding hydrogens is 536 g/mol. The summed E-state index contributed by atoms with van der Waals surface area (Å²) in [5, 5.41) is 0. The molecule has 0 spiro atoms. The molecule has 2 nitrogen and oxygen atoms in total. The Morgan fingerprint density at radius 1 is 0.615 bits per heavy atom. The Labute approximate surface area is 245 Å². The maximum absolute atomic E-state index is 13.2. The van der Waals surface area contributed by atoms with Gasteiger partial charge in [0, 0.05) is 49.4 Å². The minimum Gasteiger partial charge on any atom is -0.420 e. The normalized spacial score (nSPS) is 18.4. The van der Waals surface area contributed by atoms with Crippen LogP contribution in [0.1, 0.15) is 40.5 Å². The number of hydrogen-bond acceptors (Lipinski definition) is 2. The van der Waals surface area contributed by atoms with Crippen molar-refractivity contribution in [2.24, 2.45) is 10.8 Å². The molecule has 2 aliphatic carbocycles. The summed E-state index contributed by atoms with van der Waals surface area (Å²) < 4.78 is 51.6. The molecule has 204 valence electrons. The van der Waals surface area contributed by atoms with Crippen LogP contribution in [0.5, 0.6) is 0 Å². The number of anilines is 2. The average Bonchev–Trinajstić information content (AvgIpc) is 3.56. The maximum atomic E-state index is 13.2. The fourth-order valence-corrected chi connectivity index (χ4v) is 4.36. The van der Waals surface area contributed by atoms with Gasteiger partial charge in [-0.05, 0) is 22.2 Å². The average molecular weight is 570 g/mol. The first-order valence-corrected chi connectivity index (χ1v) is 12.6. The van der Waals surface area contributed by atoms with Gasteiger partial charge >= 0.3 is 21.7 Å². The molecule has 39 heavy (non-hydrogen) atoms. The Kier molecular flexibility index (Phi) is 12.3. The number of rotatable bonds is 2. The van der Waals surface area contributed by atoms with Crippen LogP contribution in [0.2, 0.25) is 0 Å². The summed E-state index contributed by atoms with van der Waals surface area (Å²) in [5.41, 5.74) is 1.37. The van der Waals surface area contributed by atoms with Crippen molar-refractivity contribution in [3.05, 3.63) is 108 Å². The van der Waals surface area contributed by atoms with E-state index in [4.69, 9.17) is 0 Å². The first kappa shape index (κ1) is 32.6. The summed E-state index contributed by atoms with van der Waals surface area (Å²) in [6, 6.07) is 9.50. The van der Waals surface area contributed by atoms with E-state index in [-0.39, 0.29) is 32.5 Å². The van der Waals surface area contributed by atoms with Crippen LogP contribution < -0.4 is 9.80 Å². The molecule has 0 bridgehead atoms. The smallest absolute Gasteiger partial charge is 0.420 e. The number of halogens is 4. The SMILES string of the molecule is CC1(C)CN(c2ccc(F)[c-]c2F)C1.CC1(C)CN(c2ccc(F)[c-]c2F)C1.[C-]1=CC=CC1.[C-]1=CC=CC1.[Ti+4]. The van der Waals surface area contributed by atoms with Crippen LogP contribution in [0.25, 0.3) is 0 Å². The van der Waals surface area contributed by atoms with Crippen molar-refractivity contribution in [1.29, 1.82) is 0 Å². The Morgan fingerprint density at radius 2 is 0.974 bits per heavy atom. The van der Waals surface area contributed by atoms with Gasteiger partial charge in [-0.15, -0.1) is 49.2 Å². The summed E-state index contributed by atoms with van der Waals surface area (Å²) in [6.07, 6.45) is 20.0. The molecular formula is C32H34F4N2Ti. The van der Waals surface area contributed by atoms with E-state index in [1.807, 2.05) is 46.2 Å². The number of allylic oxidation sites excluding steroid dienone is 8. The Hall–Kier alpha value is -2.57. The molecule has 2 heterocycles. The van der Waals surface area contributed by atoms with Crippen LogP contribution in [0.3, 0.4) is 0 Å². The number of nitrogens with zero attached hydrogens (tertiary/aromatic N) is 2. The molecule has 0 amide bonds. The minimum atomic E-state index is -0.647. The summed E-state index contributed by atoms with van der Waals surface area (Å²) in [7, 11) is 0. The molecule has 0 radical (unpaired) electrons. The van der Waals surface area contributed by atoms with Gasteiger partial charge in [-0.2, -0.15) is 12.2 Å². The zero-order valence-corrected chi connectivity index (χ0v) is 24.5. The van der Waals surface area contributed by atoms with E-state index < -0.39 is 23.3 Å². The number of hydrogen-bond donors (Lipinski definition) is 0. The molecule has 0 unspecified atom stereocenters. The van der Waals surface area contributed by atoms with E-state index in [0.29, 0.717) is 11.4 Å². The summed E-state index contributed by atoms with van der Waals surface area (Å²) >= 11 is 0. The molecule has 6 rings (SSSR count). The van der Waals surface area contributed by atoms with Gasteiger partial charge in [-0.1, -0.05) is 27.7 Å². The van der Waals surface area contributed by atoms with Crippen LogP contribution >= 0.6 is 0 Å². The molecule has 0 N–H and O–H groups in total. The quantitative estimate of drug-likeness (QED) is 0.206. The van der Waals surface area contributed by atoms with E-state index in [1.165, 1.54) is 24.3 Å². The van der Waals surface area contributed by atoms with Gasteiger partial charge in [-0.3, -0.25) is 12.2 Å². The molecule has 2 aliphatic heterocycles. The predicted octanol–water partition coefficient (Wildman–Crippen LogP) is 7.83. The van der Waals surface area contributed by atoms with E-state index in [1.54, 1.807) is 0 Å². The van der Waals surface area contributed by atoms with E-state index in [9.17, 15) is 17.6 Å². The van der Waals surface area contributed by atoms with Gasteiger partial charge in [-0.25, -0.2) is 41.9 Å². The van der Waals surface area contributed by atoms with Crippen molar-refractivity contribution in [3.8, 4) is 0 Å². The summed E-state index contributed by atoms with van der Waals surface area (Å²) in [6.45, 7) is 11.7. The van der Waals surface area contributed by atoms with E-state index in [2.05, 4.69) is 52.0 Å². The van der Waals surface area contributed by atoms with E-state index >= 15 is 0 Å². The molecule has 0 atom stereocenters. The Bertz CT molecular complexity index is 1070. The third-order valence-electron chi connectivity index (χ3n) is 6.01. The zero-order valence-electron chi connectivity index (χ0n) is 22.9. The standard InChI is InChI=1S/2C11H12F2N.2C5H5.Ti/c2*1-11(2)6-14(7-11)10-4-3-8(12)5-9(10)13;2*1-2-4-5-3-1;/h2*3-4H,6-7H2,1-2H3;2*1-3H,4H2;/q4*-1;+4. The minimum absolute atomic E-state index is 0. The van der Waals surface area contributed by atoms with Crippen LogP contribution in [0, 0.1) is 58.4 Å². The van der Waals surface area contributed by atoms with Crippen molar-refractivity contribution in [2.75, 3.05) is 36.0 Å². The molecule has 7 heteroatoms. The maximum Gasteiger partial charge on any atom is 4.00 e. The largest absolute Gasteiger partial charge is 4.00 e. The molecule has 2 saturated heterocycles. The zero-order chi connectivity index (χ0) is 27.8. The van der Waals surface area contributed by atoms with Gasteiger partial charge in [0.15, 0.2) is 0 Å². The third-order valence-corrected chi connectivity index (χ3v) is 6.01.